The maximum atomic E-state index is 13.6. The number of carbonyl (C=O) groups excluding carboxylic acids is 2. The molecular formula is C26H24F4N2O2. The molecule has 178 valence electrons. The highest BCUT2D eigenvalue weighted by Gasteiger charge is 2.42. The number of allylic oxidation sites excluding steroid dienone is 3. The lowest BCUT2D eigenvalue weighted by Gasteiger charge is -2.39. The summed E-state index contributed by atoms with van der Waals surface area (Å²) in [6.07, 6.45) is -3.68. The van der Waals surface area contributed by atoms with Crippen LogP contribution >= 0.6 is 0 Å². The molecule has 34 heavy (non-hydrogen) atoms. The molecule has 1 amide bonds. The van der Waals surface area contributed by atoms with Crippen molar-refractivity contribution in [2.45, 2.75) is 45.7 Å². The number of hydrogen-bond acceptors (Lipinski definition) is 3. The number of dihydropyridines is 1. The second kappa shape index (κ2) is 8.42. The molecule has 1 aliphatic heterocycles. The number of rotatable bonds is 3. The van der Waals surface area contributed by atoms with Crippen molar-refractivity contribution < 1.29 is 27.2 Å². The lowest BCUT2D eigenvalue weighted by Crippen LogP contribution is -2.39. The number of halogens is 4. The predicted octanol–water partition coefficient (Wildman–Crippen LogP) is 6.09. The maximum absolute atomic E-state index is 13.6. The summed E-state index contributed by atoms with van der Waals surface area (Å²) in [5, 5.41) is 5.74. The highest BCUT2D eigenvalue weighted by atomic mass is 19.4. The highest BCUT2D eigenvalue weighted by molar-refractivity contribution is 6.10. The van der Waals surface area contributed by atoms with E-state index in [0.29, 0.717) is 29.0 Å². The van der Waals surface area contributed by atoms with E-state index in [0.717, 1.165) is 12.1 Å². The zero-order chi connectivity index (χ0) is 24.8. The minimum atomic E-state index is -4.56. The number of hydrogen-bond donors (Lipinski definition) is 2. The number of ketones is 1. The van der Waals surface area contributed by atoms with E-state index in [1.54, 1.807) is 6.92 Å². The zero-order valence-electron chi connectivity index (χ0n) is 18.9. The second-order valence-electron chi connectivity index (χ2n) is 9.51. The predicted molar refractivity (Wildman–Crippen MR) is 120 cm³/mol. The average Bonchev–Trinajstić information content (AvgIpc) is 2.72. The lowest BCUT2D eigenvalue weighted by molar-refractivity contribution is -0.137. The largest absolute Gasteiger partial charge is 0.416 e. The third-order valence-electron chi connectivity index (χ3n) is 6.14. The van der Waals surface area contributed by atoms with Crippen LogP contribution in [0.25, 0.3) is 0 Å². The molecule has 2 aromatic rings. The summed E-state index contributed by atoms with van der Waals surface area (Å²) in [4.78, 5) is 26.6. The molecule has 4 nitrogen and oxygen atoms in total. The van der Waals surface area contributed by atoms with E-state index in [-0.39, 0.29) is 28.9 Å². The fraction of sp³-hybridized carbons (Fsp3) is 0.308. The monoisotopic (exact) mass is 472 g/mol. The molecule has 0 saturated carbocycles. The smallest absolute Gasteiger partial charge is 0.362 e. The SMILES string of the molecule is CC1=C(C(=O)Nc2cccc(C(F)(F)F)c2)C(c2ccc(F)cc2)C2=C(CC(C)(C)CC2=O)N1. The van der Waals surface area contributed by atoms with Crippen molar-refractivity contribution in [1.82, 2.24) is 5.32 Å². The highest BCUT2D eigenvalue weighted by Crippen LogP contribution is 2.46. The van der Waals surface area contributed by atoms with Crippen LogP contribution in [-0.4, -0.2) is 11.7 Å². The Labute approximate surface area is 194 Å². The van der Waals surface area contributed by atoms with Crippen molar-refractivity contribution >= 4 is 17.4 Å². The van der Waals surface area contributed by atoms with E-state index in [4.69, 9.17) is 0 Å². The van der Waals surface area contributed by atoms with E-state index in [1.807, 2.05) is 13.8 Å². The molecule has 0 aromatic heterocycles. The van der Waals surface area contributed by atoms with Crippen molar-refractivity contribution in [3.05, 3.63) is 88.0 Å². The van der Waals surface area contributed by atoms with E-state index in [2.05, 4.69) is 10.6 Å². The fourth-order valence-corrected chi connectivity index (χ4v) is 4.70. The molecule has 2 aromatic carbocycles. The molecule has 1 atom stereocenters. The maximum Gasteiger partial charge on any atom is 0.416 e. The van der Waals surface area contributed by atoms with E-state index in [1.165, 1.54) is 36.4 Å². The van der Waals surface area contributed by atoms with Crippen molar-refractivity contribution in [1.29, 1.82) is 0 Å². The zero-order valence-corrected chi connectivity index (χ0v) is 18.9. The van der Waals surface area contributed by atoms with Gasteiger partial charge in [0, 0.05) is 40.6 Å². The molecule has 1 heterocycles. The van der Waals surface area contributed by atoms with Crippen molar-refractivity contribution in [2.24, 2.45) is 5.41 Å². The molecule has 4 rings (SSSR count). The van der Waals surface area contributed by atoms with E-state index < -0.39 is 29.4 Å². The number of anilines is 1. The van der Waals surface area contributed by atoms with Crippen LogP contribution in [0.2, 0.25) is 0 Å². The first kappa shape index (κ1) is 23.7. The Morgan fingerprint density at radius 1 is 1.09 bits per heavy atom. The van der Waals surface area contributed by atoms with E-state index in [9.17, 15) is 27.2 Å². The fourth-order valence-electron chi connectivity index (χ4n) is 4.70. The Bertz CT molecular complexity index is 1220. The molecule has 0 spiro atoms. The summed E-state index contributed by atoms with van der Waals surface area (Å²) in [7, 11) is 0. The van der Waals surface area contributed by atoms with Gasteiger partial charge in [0.15, 0.2) is 5.78 Å². The van der Waals surface area contributed by atoms with Gasteiger partial charge in [-0.05, 0) is 54.7 Å². The molecular weight excluding hydrogens is 448 g/mol. The number of amides is 1. The van der Waals surface area contributed by atoms with Crippen molar-refractivity contribution in [3.63, 3.8) is 0 Å². The summed E-state index contributed by atoms with van der Waals surface area (Å²) >= 11 is 0. The van der Waals surface area contributed by atoms with Crippen LogP contribution in [0.5, 0.6) is 0 Å². The summed E-state index contributed by atoms with van der Waals surface area (Å²) in [6, 6.07) is 9.91. The Morgan fingerprint density at radius 3 is 2.41 bits per heavy atom. The number of alkyl halides is 3. The van der Waals surface area contributed by atoms with Crippen LogP contribution in [0.1, 0.15) is 50.7 Å². The van der Waals surface area contributed by atoms with Gasteiger partial charge in [0.2, 0.25) is 0 Å². The van der Waals surface area contributed by atoms with Gasteiger partial charge in [-0.15, -0.1) is 0 Å². The van der Waals surface area contributed by atoms with Crippen LogP contribution in [0, 0.1) is 11.2 Å². The van der Waals surface area contributed by atoms with Crippen molar-refractivity contribution in [2.75, 3.05) is 5.32 Å². The van der Waals surface area contributed by atoms with Gasteiger partial charge in [0.05, 0.1) is 5.56 Å². The first-order valence-corrected chi connectivity index (χ1v) is 10.8. The lowest BCUT2D eigenvalue weighted by atomic mass is 9.68. The Morgan fingerprint density at radius 2 is 1.76 bits per heavy atom. The molecule has 8 heteroatoms. The van der Waals surface area contributed by atoms with Crippen LogP contribution in [0.15, 0.2) is 71.1 Å². The molecule has 2 N–H and O–H groups in total. The van der Waals surface area contributed by atoms with Gasteiger partial charge >= 0.3 is 6.18 Å². The quantitative estimate of drug-likeness (QED) is 0.532. The van der Waals surface area contributed by atoms with Crippen LogP contribution in [0.3, 0.4) is 0 Å². The summed E-state index contributed by atoms with van der Waals surface area (Å²) < 4.78 is 53.0. The topological polar surface area (TPSA) is 58.2 Å². The Kier molecular flexibility index (Phi) is 5.87. The average molecular weight is 472 g/mol. The molecule has 0 bridgehead atoms. The van der Waals surface area contributed by atoms with Crippen LogP contribution in [-0.2, 0) is 15.8 Å². The van der Waals surface area contributed by atoms with Crippen LogP contribution in [0.4, 0.5) is 23.2 Å². The normalized spacial score (nSPS) is 20.1. The van der Waals surface area contributed by atoms with Gasteiger partial charge in [0.1, 0.15) is 5.82 Å². The van der Waals surface area contributed by atoms with Gasteiger partial charge in [-0.1, -0.05) is 32.0 Å². The minimum absolute atomic E-state index is 0.0196. The molecule has 1 aliphatic carbocycles. The molecule has 0 saturated heterocycles. The number of benzene rings is 2. The summed E-state index contributed by atoms with van der Waals surface area (Å²) in [5.41, 5.74) is 1.22. The summed E-state index contributed by atoms with van der Waals surface area (Å²) in [6.45, 7) is 5.66. The standard InChI is InChI=1S/C26H24F4N2O2/c1-14-21(24(34)32-18-6-4-5-16(11-18)26(28,29)30)22(15-7-9-17(27)10-8-15)23-19(31-14)12-25(2,3)13-20(23)33/h4-11,22,31H,12-13H2,1-3H3,(H,32,34). The third kappa shape index (κ3) is 4.62. The summed E-state index contributed by atoms with van der Waals surface area (Å²) in [5.74, 6) is -1.99. The van der Waals surface area contributed by atoms with E-state index >= 15 is 0 Å². The Hall–Kier alpha value is -3.42. The first-order valence-electron chi connectivity index (χ1n) is 10.8. The third-order valence-corrected chi connectivity index (χ3v) is 6.14. The first-order chi connectivity index (χ1) is 15.9. The number of Topliss-reactive ketones (excluding diaryl/α,β-unsaturated/α-hetero) is 1. The molecule has 1 unspecified atom stereocenters. The number of nitrogens with one attached hydrogen (secondary N) is 2. The van der Waals surface area contributed by atoms with Crippen LogP contribution < -0.4 is 10.6 Å². The van der Waals surface area contributed by atoms with Gasteiger partial charge in [0.25, 0.3) is 5.91 Å². The minimum Gasteiger partial charge on any atom is -0.362 e. The molecule has 2 aliphatic rings. The van der Waals surface area contributed by atoms with Gasteiger partial charge in [-0.25, -0.2) is 4.39 Å². The van der Waals surface area contributed by atoms with Gasteiger partial charge in [-0.2, -0.15) is 13.2 Å². The molecule has 0 radical (unpaired) electrons. The van der Waals surface area contributed by atoms with Gasteiger partial charge < -0.3 is 10.6 Å². The second-order valence-corrected chi connectivity index (χ2v) is 9.51. The van der Waals surface area contributed by atoms with Gasteiger partial charge in [-0.3, -0.25) is 9.59 Å². The molecule has 0 fully saturated rings. The van der Waals surface area contributed by atoms with Crippen molar-refractivity contribution in [3.8, 4) is 0 Å². The Balaban J connectivity index is 1.77. The number of carbonyl (C=O) groups is 2.